The third kappa shape index (κ3) is 3.71. The van der Waals surface area contributed by atoms with Crippen LogP contribution in [0.2, 0.25) is 0 Å². The average molecular weight is 317 g/mol. The largest absolute Gasteiger partial charge is 0.333 e. The molecule has 94 valence electrons. The highest BCUT2D eigenvalue weighted by Crippen LogP contribution is 2.22. The van der Waals surface area contributed by atoms with Crippen LogP contribution in [0.5, 0.6) is 0 Å². The molecule has 1 aromatic heterocycles. The van der Waals surface area contributed by atoms with Gasteiger partial charge >= 0.3 is 6.03 Å². The summed E-state index contributed by atoms with van der Waals surface area (Å²) in [6, 6.07) is 4.12. The number of halogens is 1. The molecule has 1 aliphatic heterocycles. The number of nitrogens with one attached hydrogen (secondary N) is 1. The van der Waals surface area contributed by atoms with Crippen molar-refractivity contribution in [3.05, 3.63) is 20.8 Å². The Hall–Kier alpha value is -0.550. The number of piperidine rings is 1. The number of carbonyl (C=O) groups is 1. The van der Waals surface area contributed by atoms with E-state index in [2.05, 4.69) is 28.2 Å². The van der Waals surface area contributed by atoms with Crippen molar-refractivity contribution in [2.24, 2.45) is 5.92 Å². The summed E-state index contributed by atoms with van der Waals surface area (Å²) in [4.78, 5) is 15.0. The molecule has 0 saturated carbocycles. The predicted octanol–water partition coefficient (Wildman–Crippen LogP) is 3.45. The van der Waals surface area contributed by atoms with Gasteiger partial charge in [0.15, 0.2) is 0 Å². The average Bonchev–Trinajstić information content (AvgIpc) is 2.72. The Kier molecular flexibility index (Phi) is 4.45. The zero-order chi connectivity index (χ0) is 12.3. The lowest BCUT2D eigenvalue weighted by Gasteiger charge is -2.30. The summed E-state index contributed by atoms with van der Waals surface area (Å²) in [5, 5.41) is 2.98. The minimum Gasteiger partial charge on any atom is -0.333 e. The van der Waals surface area contributed by atoms with Crippen LogP contribution < -0.4 is 5.32 Å². The molecule has 5 heteroatoms. The Bertz CT molecular complexity index is 394. The number of hydrogen-bond acceptors (Lipinski definition) is 2. The lowest BCUT2D eigenvalue weighted by molar-refractivity contribution is 0.169. The van der Waals surface area contributed by atoms with Crippen molar-refractivity contribution in [1.82, 2.24) is 10.2 Å². The summed E-state index contributed by atoms with van der Waals surface area (Å²) in [5.41, 5.74) is 0. The maximum atomic E-state index is 11.9. The van der Waals surface area contributed by atoms with Gasteiger partial charge in [0.2, 0.25) is 0 Å². The van der Waals surface area contributed by atoms with Gasteiger partial charge in [0.25, 0.3) is 0 Å². The van der Waals surface area contributed by atoms with Gasteiger partial charge in [0, 0.05) is 18.0 Å². The summed E-state index contributed by atoms with van der Waals surface area (Å²) in [5.74, 6) is 0.630. The van der Waals surface area contributed by atoms with E-state index in [9.17, 15) is 4.79 Å². The van der Waals surface area contributed by atoms with Gasteiger partial charge in [-0.1, -0.05) is 6.92 Å². The van der Waals surface area contributed by atoms with Crippen molar-refractivity contribution in [1.29, 1.82) is 0 Å². The Balaban J connectivity index is 1.80. The predicted molar refractivity (Wildman–Crippen MR) is 74.2 cm³/mol. The van der Waals surface area contributed by atoms with E-state index in [4.69, 9.17) is 0 Å². The molecule has 17 heavy (non-hydrogen) atoms. The molecule has 0 radical (unpaired) electrons. The van der Waals surface area contributed by atoms with E-state index >= 15 is 0 Å². The monoisotopic (exact) mass is 316 g/mol. The van der Waals surface area contributed by atoms with E-state index in [1.807, 2.05) is 17.0 Å². The molecule has 1 fully saturated rings. The van der Waals surface area contributed by atoms with Gasteiger partial charge in [0.05, 0.1) is 10.3 Å². The van der Waals surface area contributed by atoms with Crippen molar-refractivity contribution in [3.63, 3.8) is 0 Å². The summed E-state index contributed by atoms with van der Waals surface area (Å²) in [6.07, 6.45) is 2.36. The molecule has 1 aromatic rings. The molecule has 1 saturated heterocycles. The van der Waals surface area contributed by atoms with Gasteiger partial charge in [-0.2, -0.15) is 0 Å². The highest BCUT2D eigenvalue weighted by Gasteiger charge is 2.20. The number of hydrogen-bond donors (Lipinski definition) is 1. The second-order valence-electron chi connectivity index (χ2n) is 4.56. The van der Waals surface area contributed by atoms with Crippen LogP contribution in [-0.2, 0) is 6.54 Å². The maximum absolute atomic E-state index is 11.9. The SMILES string of the molecule is CC1CCCN(C(=O)NCc2ccc(Br)s2)C1. The molecule has 2 heterocycles. The number of nitrogens with zero attached hydrogens (tertiary/aromatic N) is 1. The lowest BCUT2D eigenvalue weighted by Crippen LogP contribution is -2.44. The minimum absolute atomic E-state index is 0.0704. The number of amides is 2. The fraction of sp³-hybridized carbons (Fsp3) is 0.583. The van der Waals surface area contributed by atoms with Crippen molar-refractivity contribution in [2.45, 2.75) is 26.3 Å². The summed E-state index contributed by atoms with van der Waals surface area (Å²) < 4.78 is 1.10. The number of thiophene rings is 1. The minimum atomic E-state index is 0.0704. The van der Waals surface area contributed by atoms with Crippen molar-refractivity contribution in [2.75, 3.05) is 13.1 Å². The van der Waals surface area contributed by atoms with E-state index < -0.39 is 0 Å². The molecular weight excluding hydrogens is 300 g/mol. The zero-order valence-corrected chi connectivity index (χ0v) is 12.3. The molecule has 2 rings (SSSR count). The molecule has 1 aliphatic rings. The Labute approximate surface area is 114 Å². The first-order valence-corrected chi connectivity index (χ1v) is 7.53. The molecule has 0 aliphatic carbocycles. The summed E-state index contributed by atoms with van der Waals surface area (Å²) in [6.45, 7) is 4.61. The Morgan fingerprint density at radius 1 is 1.65 bits per heavy atom. The van der Waals surface area contributed by atoms with E-state index in [0.29, 0.717) is 12.5 Å². The van der Waals surface area contributed by atoms with Gasteiger partial charge in [-0.3, -0.25) is 0 Å². The molecule has 0 spiro atoms. The van der Waals surface area contributed by atoms with Crippen molar-refractivity contribution < 1.29 is 4.79 Å². The van der Waals surface area contributed by atoms with Gasteiger partial charge in [-0.15, -0.1) is 11.3 Å². The van der Waals surface area contributed by atoms with Crippen LogP contribution in [0.15, 0.2) is 15.9 Å². The third-order valence-corrected chi connectivity index (χ3v) is 4.61. The quantitative estimate of drug-likeness (QED) is 0.890. The standard InChI is InChI=1S/C12H17BrN2OS/c1-9-3-2-6-15(8-9)12(16)14-7-10-4-5-11(13)17-10/h4-5,9H,2-3,6-8H2,1H3,(H,14,16). The highest BCUT2D eigenvalue weighted by molar-refractivity contribution is 9.11. The zero-order valence-electron chi connectivity index (χ0n) is 9.91. The van der Waals surface area contributed by atoms with Gasteiger partial charge in [-0.05, 0) is 46.8 Å². The molecule has 0 aromatic carbocycles. The normalized spacial score (nSPS) is 20.4. The van der Waals surface area contributed by atoms with Crippen LogP contribution in [0.25, 0.3) is 0 Å². The number of carbonyl (C=O) groups excluding carboxylic acids is 1. The topological polar surface area (TPSA) is 32.3 Å². The number of likely N-dealkylation sites (tertiary alicyclic amines) is 1. The fourth-order valence-electron chi connectivity index (χ4n) is 2.10. The molecule has 1 N–H and O–H groups in total. The third-order valence-electron chi connectivity index (χ3n) is 2.99. The molecular formula is C12H17BrN2OS. The summed E-state index contributed by atoms with van der Waals surface area (Å²) in [7, 11) is 0. The van der Waals surface area contributed by atoms with Crippen LogP contribution in [-0.4, -0.2) is 24.0 Å². The first kappa shape index (κ1) is 12.9. The second-order valence-corrected chi connectivity index (χ2v) is 7.11. The number of urea groups is 1. The smallest absolute Gasteiger partial charge is 0.317 e. The van der Waals surface area contributed by atoms with Crippen molar-refractivity contribution in [3.8, 4) is 0 Å². The maximum Gasteiger partial charge on any atom is 0.317 e. The fourth-order valence-corrected chi connectivity index (χ4v) is 3.52. The van der Waals surface area contributed by atoms with E-state index in [0.717, 1.165) is 23.3 Å². The van der Waals surface area contributed by atoms with Gasteiger partial charge in [-0.25, -0.2) is 4.79 Å². The van der Waals surface area contributed by atoms with Crippen LogP contribution >= 0.6 is 27.3 Å². The van der Waals surface area contributed by atoms with Crippen LogP contribution in [0.3, 0.4) is 0 Å². The lowest BCUT2D eigenvalue weighted by atomic mass is 10.0. The van der Waals surface area contributed by atoms with E-state index in [1.165, 1.54) is 11.3 Å². The molecule has 0 bridgehead atoms. The first-order valence-electron chi connectivity index (χ1n) is 5.92. The molecule has 1 atom stereocenters. The molecule has 1 unspecified atom stereocenters. The van der Waals surface area contributed by atoms with E-state index in [1.54, 1.807) is 11.3 Å². The van der Waals surface area contributed by atoms with Crippen molar-refractivity contribution >= 4 is 33.3 Å². The first-order chi connectivity index (χ1) is 8.15. The molecule has 3 nitrogen and oxygen atoms in total. The number of rotatable bonds is 2. The Morgan fingerprint density at radius 3 is 3.12 bits per heavy atom. The van der Waals surface area contributed by atoms with Gasteiger partial charge in [0.1, 0.15) is 0 Å². The second kappa shape index (κ2) is 5.87. The Morgan fingerprint density at radius 2 is 2.47 bits per heavy atom. The van der Waals surface area contributed by atoms with Crippen LogP contribution in [0.4, 0.5) is 4.79 Å². The summed E-state index contributed by atoms with van der Waals surface area (Å²) >= 11 is 5.08. The molecule has 2 amide bonds. The van der Waals surface area contributed by atoms with Gasteiger partial charge < -0.3 is 10.2 Å². The highest BCUT2D eigenvalue weighted by atomic mass is 79.9. The van der Waals surface area contributed by atoms with E-state index in [-0.39, 0.29) is 6.03 Å². The van der Waals surface area contributed by atoms with Crippen LogP contribution in [0.1, 0.15) is 24.6 Å². The van der Waals surface area contributed by atoms with Crippen LogP contribution in [0, 0.1) is 5.92 Å².